The highest BCUT2D eigenvalue weighted by molar-refractivity contribution is 5.88. The summed E-state index contributed by atoms with van der Waals surface area (Å²) in [4.78, 5) is 5.07. The Bertz CT molecular complexity index is 1400. The molecule has 0 aromatic heterocycles. The molecule has 0 aliphatic heterocycles. The Morgan fingerprint density at radius 2 is 1.20 bits per heavy atom. The third kappa shape index (κ3) is 5.62. The van der Waals surface area contributed by atoms with Gasteiger partial charge in [0.05, 0.1) is 5.69 Å². The second-order valence-corrected chi connectivity index (χ2v) is 12.2. The van der Waals surface area contributed by atoms with Crippen LogP contribution in [0.4, 0.5) is 5.69 Å². The van der Waals surface area contributed by atoms with E-state index in [1.807, 2.05) is 42.6 Å². The molecule has 1 N–H and O–H groups in total. The molecule has 208 valence electrons. The van der Waals surface area contributed by atoms with Crippen molar-refractivity contribution in [2.45, 2.75) is 71.3 Å². The first kappa shape index (κ1) is 29.3. The van der Waals surface area contributed by atoms with Crippen LogP contribution >= 0.6 is 0 Å². The monoisotopic (exact) mass is 533 g/mol. The Hall–Kier alpha value is -3.69. The molecule has 0 fully saturated rings. The predicted octanol–water partition coefficient (Wildman–Crippen LogP) is 9.63. The number of aliphatic imine (C=N–C) groups is 1. The second-order valence-electron chi connectivity index (χ2n) is 12.2. The first-order valence-electron chi connectivity index (χ1n) is 14.2. The molecular formula is C37H43NO2. The van der Waals surface area contributed by atoms with Crippen molar-refractivity contribution < 1.29 is 9.84 Å². The van der Waals surface area contributed by atoms with Crippen molar-refractivity contribution >= 4 is 11.9 Å². The molecule has 0 radical (unpaired) electrons. The number of hydrogen-bond donors (Lipinski definition) is 1. The molecule has 0 heterocycles. The SMILES string of the molecule is COC(c1ccccc1)(c1ccccc1)c1cc(C(C)(C)C)cc(C=Nc2c(C(C)C)cccc2C(C)C)c1O. The van der Waals surface area contributed by atoms with Crippen molar-refractivity contribution in [3.05, 3.63) is 130 Å². The molecular weight excluding hydrogens is 490 g/mol. The zero-order chi connectivity index (χ0) is 29.1. The highest BCUT2D eigenvalue weighted by Crippen LogP contribution is 2.46. The zero-order valence-electron chi connectivity index (χ0n) is 25.2. The summed E-state index contributed by atoms with van der Waals surface area (Å²) in [5, 5.41) is 12.0. The van der Waals surface area contributed by atoms with Crippen molar-refractivity contribution in [3.8, 4) is 5.75 Å². The van der Waals surface area contributed by atoms with Crippen molar-refractivity contribution in [3.63, 3.8) is 0 Å². The molecule has 0 atom stereocenters. The number of ether oxygens (including phenoxy) is 1. The number of phenols is 1. The summed E-state index contributed by atoms with van der Waals surface area (Å²) >= 11 is 0. The molecule has 0 amide bonds. The maximum absolute atomic E-state index is 12.0. The van der Waals surface area contributed by atoms with Gasteiger partial charge in [-0.2, -0.15) is 0 Å². The predicted molar refractivity (Wildman–Crippen MR) is 168 cm³/mol. The van der Waals surface area contributed by atoms with E-state index in [9.17, 15) is 5.11 Å². The van der Waals surface area contributed by atoms with Crippen molar-refractivity contribution in [1.29, 1.82) is 0 Å². The lowest BCUT2D eigenvalue weighted by Crippen LogP contribution is -2.32. The van der Waals surface area contributed by atoms with Gasteiger partial charge in [-0.15, -0.1) is 0 Å². The molecule has 40 heavy (non-hydrogen) atoms. The summed E-state index contributed by atoms with van der Waals surface area (Å²) in [6, 6.07) is 30.8. The quantitative estimate of drug-likeness (QED) is 0.181. The van der Waals surface area contributed by atoms with E-state index >= 15 is 0 Å². The molecule has 4 aromatic rings. The number of methoxy groups -OCH3 is 1. The third-order valence-corrected chi connectivity index (χ3v) is 7.73. The standard InChI is InChI=1S/C37H43NO2/c1-25(2)31-20-15-21-32(26(3)4)34(31)38-24-27-22-30(36(5,6)7)23-33(35(27)39)37(40-8,28-16-11-9-12-17-28)29-18-13-10-14-19-29/h9-26,39H,1-8H3. The Morgan fingerprint density at radius 3 is 1.62 bits per heavy atom. The van der Waals surface area contributed by atoms with Crippen LogP contribution in [0.3, 0.4) is 0 Å². The van der Waals surface area contributed by atoms with Crippen molar-refractivity contribution in [1.82, 2.24) is 0 Å². The van der Waals surface area contributed by atoms with Crippen molar-refractivity contribution in [2.24, 2.45) is 4.99 Å². The summed E-state index contributed by atoms with van der Waals surface area (Å²) in [5.41, 5.74) is 6.55. The molecule has 0 bridgehead atoms. The maximum atomic E-state index is 12.0. The summed E-state index contributed by atoms with van der Waals surface area (Å²) in [6.45, 7) is 15.3. The summed E-state index contributed by atoms with van der Waals surface area (Å²) in [7, 11) is 1.71. The number of phenolic OH excluding ortho intramolecular Hbond substituents is 1. The Morgan fingerprint density at radius 1 is 0.700 bits per heavy atom. The Balaban J connectivity index is 2.04. The number of aromatic hydroxyl groups is 1. The van der Waals surface area contributed by atoms with Gasteiger partial charge in [0.15, 0.2) is 0 Å². The average Bonchev–Trinajstić information content (AvgIpc) is 2.94. The van der Waals surface area contributed by atoms with E-state index in [0.29, 0.717) is 23.0 Å². The van der Waals surface area contributed by atoms with Crippen LogP contribution in [0.25, 0.3) is 0 Å². The van der Waals surface area contributed by atoms with Crippen LogP contribution in [0.5, 0.6) is 5.75 Å². The normalized spacial score (nSPS) is 12.6. The van der Waals surface area contributed by atoms with Gasteiger partial charge in [0, 0.05) is 24.5 Å². The third-order valence-electron chi connectivity index (χ3n) is 7.73. The molecule has 3 heteroatoms. The largest absolute Gasteiger partial charge is 0.507 e. The van der Waals surface area contributed by atoms with Crippen LogP contribution in [-0.4, -0.2) is 18.4 Å². The van der Waals surface area contributed by atoms with Gasteiger partial charge in [0.1, 0.15) is 11.4 Å². The van der Waals surface area contributed by atoms with Crippen LogP contribution in [0, 0.1) is 0 Å². The number of para-hydroxylation sites is 1. The van der Waals surface area contributed by atoms with E-state index in [2.05, 4.69) is 103 Å². The van der Waals surface area contributed by atoms with Gasteiger partial charge in [-0.05, 0) is 57.2 Å². The van der Waals surface area contributed by atoms with E-state index in [0.717, 1.165) is 22.4 Å². The van der Waals surface area contributed by atoms with Gasteiger partial charge < -0.3 is 9.84 Å². The first-order chi connectivity index (χ1) is 19.0. The van der Waals surface area contributed by atoms with E-state index in [1.165, 1.54) is 11.1 Å². The van der Waals surface area contributed by atoms with E-state index in [-0.39, 0.29) is 11.2 Å². The van der Waals surface area contributed by atoms with Crippen molar-refractivity contribution in [2.75, 3.05) is 7.11 Å². The lowest BCUT2D eigenvalue weighted by Gasteiger charge is -2.36. The minimum absolute atomic E-state index is 0.166. The smallest absolute Gasteiger partial charge is 0.146 e. The van der Waals surface area contributed by atoms with Crippen LogP contribution in [-0.2, 0) is 15.8 Å². The topological polar surface area (TPSA) is 41.8 Å². The lowest BCUT2D eigenvalue weighted by atomic mass is 9.76. The van der Waals surface area contributed by atoms with Gasteiger partial charge in [0.2, 0.25) is 0 Å². The van der Waals surface area contributed by atoms with Crippen LogP contribution in [0.15, 0.2) is 96.0 Å². The number of nitrogens with zero attached hydrogens (tertiary/aromatic N) is 1. The van der Waals surface area contributed by atoms with Gasteiger partial charge in [-0.25, -0.2) is 0 Å². The Labute approximate surface area is 240 Å². The summed E-state index contributed by atoms with van der Waals surface area (Å²) in [5.74, 6) is 0.820. The van der Waals surface area contributed by atoms with Crippen LogP contribution in [0.1, 0.15) is 99.2 Å². The molecule has 4 rings (SSSR count). The Kier molecular flexibility index (Phi) is 8.65. The first-order valence-corrected chi connectivity index (χ1v) is 14.2. The van der Waals surface area contributed by atoms with Gasteiger partial charge >= 0.3 is 0 Å². The lowest BCUT2D eigenvalue weighted by molar-refractivity contribution is 0.0562. The van der Waals surface area contributed by atoms with Gasteiger partial charge in [-0.1, -0.05) is 127 Å². The van der Waals surface area contributed by atoms with Crippen LogP contribution < -0.4 is 0 Å². The molecule has 4 aromatic carbocycles. The summed E-state index contributed by atoms with van der Waals surface area (Å²) in [6.07, 6.45) is 1.83. The fourth-order valence-electron chi connectivity index (χ4n) is 5.42. The fraction of sp³-hybridized carbons (Fsp3) is 0.324. The average molecular weight is 534 g/mol. The summed E-state index contributed by atoms with van der Waals surface area (Å²) < 4.78 is 6.46. The van der Waals surface area contributed by atoms with E-state index in [4.69, 9.17) is 9.73 Å². The van der Waals surface area contributed by atoms with Gasteiger partial charge in [0.25, 0.3) is 0 Å². The number of rotatable bonds is 8. The number of hydrogen-bond acceptors (Lipinski definition) is 3. The molecule has 0 saturated carbocycles. The van der Waals surface area contributed by atoms with E-state index in [1.54, 1.807) is 7.11 Å². The second kappa shape index (κ2) is 11.8. The molecule has 0 aliphatic carbocycles. The fourth-order valence-corrected chi connectivity index (χ4v) is 5.42. The number of benzene rings is 4. The maximum Gasteiger partial charge on any atom is 0.146 e. The molecule has 0 aliphatic rings. The minimum Gasteiger partial charge on any atom is -0.507 e. The highest BCUT2D eigenvalue weighted by Gasteiger charge is 2.40. The zero-order valence-corrected chi connectivity index (χ0v) is 25.2. The minimum atomic E-state index is -1.02. The highest BCUT2D eigenvalue weighted by atomic mass is 16.5. The molecule has 0 spiro atoms. The van der Waals surface area contributed by atoms with Crippen LogP contribution in [0.2, 0.25) is 0 Å². The van der Waals surface area contributed by atoms with E-state index < -0.39 is 5.60 Å². The molecule has 0 unspecified atom stereocenters. The molecule has 0 saturated heterocycles. The molecule has 3 nitrogen and oxygen atoms in total. The van der Waals surface area contributed by atoms with Gasteiger partial charge in [-0.3, -0.25) is 4.99 Å².